The molecule has 2 saturated carbocycles. The van der Waals surface area contributed by atoms with Crippen LogP contribution in [0.3, 0.4) is 0 Å². The lowest BCUT2D eigenvalue weighted by atomic mass is 9.67. The van der Waals surface area contributed by atoms with E-state index in [4.69, 9.17) is 4.74 Å². The van der Waals surface area contributed by atoms with E-state index in [0.717, 1.165) is 12.8 Å². The van der Waals surface area contributed by atoms with Crippen LogP contribution in [0, 0.1) is 17.8 Å². The molecule has 1 heterocycles. The van der Waals surface area contributed by atoms with Crippen molar-refractivity contribution in [2.45, 2.75) is 36.2 Å². The number of ether oxygens (including phenoxy) is 1. The van der Waals surface area contributed by atoms with Crippen LogP contribution >= 0.6 is 23.5 Å². The molecule has 6 heteroatoms. The number of esters is 1. The quantitative estimate of drug-likeness (QED) is 0.773. The minimum absolute atomic E-state index is 0.0448. The van der Waals surface area contributed by atoms with Gasteiger partial charge in [0.15, 0.2) is 0 Å². The lowest BCUT2D eigenvalue weighted by Crippen LogP contribution is -2.48. The lowest BCUT2D eigenvalue weighted by molar-refractivity contribution is -0.122. The molecule has 1 N–H and O–H groups in total. The number of rotatable bonds is 3. The summed E-state index contributed by atoms with van der Waals surface area (Å²) in [5.41, 5.74) is 0.970. The van der Waals surface area contributed by atoms with Gasteiger partial charge in [-0.2, -0.15) is 0 Å². The van der Waals surface area contributed by atoms with Crippen molar-refractivity contribution in [1.82, 2.24) is 0 Å². The maximum atomic E-state index is 13.0. The number of hydrogen-bond acceptors (Lipinski definition) is 5. The van der Waals surface area contributed by atoms with Gasteiger partial charge in [0.2, 0.25) is 5.91 Å². The Bertz CT molecular complexity index is 686. The molecule has 4 nitrogen and oxygen atoms in total. The lowest BCUT2D eigenvalue weighted by Gasteiger charge is -2.52. The van der Waals surface area contributed by atoms with Crippen LogP contribution < -0.4 is 5.32 Å². The van der Waals surface area contributed by atoms with Gasteiger partial charge in [-0.1, -0.05) is 18.6 Å². The SMILES string of the molecule is COC(=O)c1ccccc1NC(=O)C1CC2CCCC(C1)C21SCCS1. The van der Waals surface area contributed by atoms with Crippen LogP contribution in [-0.2, 0) is 9.53 Å². The number of para-hydroxylation sites is 1. The van der Waals surface area contributed by atoms with Gasteiger partial charge in [-0.15, -0.1) is 23.5 Å². The van der Waals surface area contributed by atoms with Crippen LogP contribution in [0.4, 0.5) is 5.69 Å². The van der Waals surface area contributed by atoms with E-state index in [2.05, 4.69) is 28.8 Å². The number of carbonyl (C=O) groups excluding carboxylic acids is 2. The number of carbonyl (C=O) groups is 2. The fourth-order valence-corrected chi connectivity index (χ4v) is 8.88. The van der Waals surface area contributed by atoms with Gasteiger partial charge in [-0.25, -0.2) is 4.79 Å². The number of hydrogen-bond donors (Lipinski definition) is 1. The molecule has 2 aliphatic carbocycles. The third-order valence-corrected chi connectivity index (χ3v) is 10.1. The van der Waals surface area contributed by atoms with Crippen LogP contribution in [0.15, 0.2) is 24.3 Å². The predicted molar refractivity (Wildman–Crippen MR) is 108 cm³/mol. The van der Waals surface area contributed by atoms with Gasteiger partial charge in [-0.3, -0.25) is 4.79 Å². The molecule has 2 atom stereocenters. The number of amides is 1. The minimum Gasteiger partial charge on any atom is -0.465 e. The summed E-state index contributed by atoms with van der Waals surface area (Å²) in [7, 11) is 1.36. The molecule has 1 amide bonds. The highest BCUT2D eigenvalue weighted by molar-refractivity contribution is 8.21. The zero-order chi connectivity index (χ0) is 18.1. The third kappa shape index (κ3) is 3.15. The third-order valence-electron chi connectivity index (χ3n) is 6.08. The summed E-state index contributed by atoms with van der Waals surface area (Å²) in [6.45, 7) is 0. The number of methoxy groups -OCH3 is 1. The van der Waals surface area contributed by atoms with Gasteiger partial charge < -0.3 is 10.1 Å². The Labute approximate surface area is 163 Å². The summed E-state index contributed by atoms with van der Waals surface area (Å²) in [6.07, 6.45) is 5.75. The average Bonchev–Trinajstić information content (AvgIpc) is 3.11. The van der Waals surface area contributed by atoms with Crippen molar-refractivity contribution in [2.24, 2.45) is 17.8 Å². The van der Waals surface area contributed by atoms with E-state index in [-0.39, 0.29) is 11.8 Å². The molecule has 140 valence electrons. The number of thioether (sulfide) groups is 2. The Morgan fingerprint density at radius 3 is 2.42 bits per heavy atom. The van der Waals surface area contributed by atoms with Gasteiger partial charge in [-0.05, 0) is 49.7 Å². The van der Waals surface area contributed by atoms with E-state index in [9.17, 15) is 9.59 Å². The first-order valence-corrected chi connectivity index (χ1v) is 11.4. The summed E-state index contributed by atoms with van der Waals surface area (Å²) in [6, 6.07) is 7.08. The Morgan fingerprint density at radius 1 is 1.12 bits per heavy atom. The van der Waals surface area contributed by atoms with E-state index in [1.54, 1.807) is 18.2 Å². The molecule has 1 saturated heterocycles. The fourth-order valence-electron chi connectivity index (χ4n) is 4.94. The van der Waals surface area contributed by atoms with Gasteiger partial charge >= 0.3 is 5.97 Å². The first kappa shape index (κ1) is 18.2. The predicted octanol–water partition coefficient (Wildman–Crippen LogP) is 4.41. The van der Waals surface area contributed by atoms with E-state index >= 15 is 0 Å². The molecule has 1 aromatic carbocycles. The molecule has 2 unspecified atom stereocenters. The average molecular weight is 392 g/mol. The molecule has 3 fully saturated rings. The van der Waals surface area contributed by atoms with E-state index < -0.39 is 5.97 Å². The fraction of sp³-hybridized carbons (Fsp3) is 0.600. The van der Waals surface area contributed by atoms with Crippen molar-refractivity contribution in [3.05, 3.63) is 29.8 Å². The minimum atomic E-state index is -0.417. The topological polar surface area (TPSA) is 55.4 Å². The Kier molecular flexibility index (Phi) is 5.24. The molecule has 0 radical (unpaired) electrons. The van der Waals surface area contributed by atoms with E-state index in [1.807, 2.05) is 6.07 Å². The normalized spacial score (nSPS) is 29.3. The molecule has 1 aliphatic heterocycles. The summed E-state index contributed by atoms with van der Waals surface area (Å²) in [4.78, 5) is 24.9. The van der Waals surface area contributed by atoms with Gasteiger partial charge in [0.1, 0.15) is 0 Å². The van der Waals surface area contributed by atoms with Crippen LogP contribution in [0.1, 0.15) is 42.5 Å². The van der Waals surface area contributed by atoms with Gasteiger partial charge in [0.25, 0.3) is 0 Å². The van der Waals surface area contributed by atoms with Gasteiger partial charge in [0.05, 0.1) is 22.4 Å². The van der Waals surface area contributed by atoms with E-state index in [1.165, 1.54) is 37.9 Å². The summed E-state index contributed by atoms with van der Waals surface area (Å²) < 4.78 is 5.21. The molecule has 3 aliphatic rings. The summed E-state index contributed by atoms with van der Waals surface area (Å²) in [5, 5.41) is 3.01. The van der Waals surface area contributed by atoms with Crippen molar-refractivity contribution in [3.63, 3.8) is 0 Å². The highest BCUT2D eigenvalue weighted by Gasteiger charge is 2.55. The monoisotopic (exact) mass is 391 g/mol. The highest BCUT2D eigenvalue weighted by Crippen LogP contribution is 2.64. The van der Waals surface area contributed by atoms with Crippen LogP contribution in [-0.4, -0.2) is 34.6 Å². The van der Waals surface area contributed by atoms with Crippen molar-refractivity contribution in [2.75, 3.05) is 23.9 Å². The molecule has 2 bridgehead atoms. The van der Waals surface area contributed by atoms with Crippen molar-refractivity contribution < 1.29 is 14.3 Å². The Balaban J connectivity index is 1.50. The second kappa shape index (κ2) is 7.47. The molecule has 26 heavy (non-hydrogen) atoms. The zero-order valence-corrected chi connectivity index (χ0v) is 16.7. The maximum Gasteiger partial charge on any atom is 0.339 e. The summed E-state index contributed by atoms with van der Waals surface area (Å²) >= 11 is 4.31. The standard InChI is InChI=1S/C20H25NO3S2/c1-24-19(23)16-7-2-3-8-17(16)21-18(22)13-11-14-5-4-6-15(12-13)20(14)25-9-10-26-20/h2-3,7-8,13-15H,4-6,9-12H2,1H3,(H,21,22). The number of benzene rings is 1. The molecule has 0 aromatic heterocycles. The van der Waals surface area contributed by atoms with Crippen molar-refractivity contribution >= 4 is 41.1 Å². The van der Waals surface area contributed by atoms with Crippen LogP contribution in [0.2, 0.25) is 0 Å². The molecular formula is C20H25NO3S2. The molecule has 1 aromatic rings. The first-order valence-electron chi connectivity index (χ1n) is 9.40. The van der Waals surface area contributed by atoms with Crippen molar-refractivity contribution in [1.29, 1.82) is 0 Å². The van der Waals surface area contributed by atoms with Crippen LogP contribution in [0.25, 0.3) is 0 Å². The van der Waals surface area contributed by atoms with Crippen molar-refractivity contribution in [3.8, 4) is 0 Å². The highest BCUT2D eigenvalue weighted by atomic mass is 32.2. The zero-order valence-electron chi connectivity index (χ0n) is 15.0. The largest absolute Gasteiger partial charge is 0.465 e. The number of anilines is 1. The van der Waals surface area contributed by atoms with Gasteiger partial charge in [0, 0.05) is 17.4 Å². The maximum absolute atomic E-state index is 13.0. The Hall–Kier alpha value is -1.14. The second-order valence-electron chi connectivity index (χ2n) is 7.44. The smallest absolute Gasteiger partial charge is 0.339 e. The molecule has 4 rings (SSSR count). The molecule has 1 spiro atoms. The van der Waals surface area contributed by atoms with E-state index in [0.29, 0.717) is 27.2 Å². The first-order chi connectivity index (χ1) is 12.6. The Morgan fingerprint density at radius 2 is 1.77 bits per heavy atom. The summed E-state index contributed by atoms with van der Waals surface area (Å²) in [5.74, 6) is 3.46. The second-order valence-corrected chi connectivity index (χ2v) is 10.4. The number of nitrogens with one attached hydrogen (secondary N) is 1. The van der Waals surface area contributed by atoms with Crippen LogP contribution in [0.5, 0.6) is 0 Å². The molecular weight excluding hydrogens is 366 g/mol.